The lowest BCUT2D eigenvalue weighted by Crippen LogP contribution is -2.35. The largest absolute Gasteiger partial charge is 0.450 e. The molecule has 128 valence electrons. The third kappa shape index (κ3) is 3.78. The fourth-order valence-electron chi connectivity index (χ4n) is 2.58. The highest BCUT2D eigenvalue weighted by Gasteiger charge is 2.25. The van der Waals surface area contributed by atoms with E-state index in [1.54, 1.807) is 36.1 Å². The van der Waals surface area contributed by atoms with Gasteiger partial charge in [-0.05, 0) is 25.1 Å². The summed E-state index contributed by atoms with van der Waals surface area (Å²) < 4.78 is 4.84. The maximum Gasteiger partial charge on any atom is 0.413 e. The Labute approximate surface area is 148 Å². The number of anilines is 1. The zero-order valence-corrected chi connectivity index (χ0v) is 14.4. The van der Waals surface area contributed by atoms with Gasteiger partial charge in [0.05, 0.1) is 30.5 Å². The number of carbonyl (C=O) groups is 2. The maximum absolute atomic E-state index is 12.7. The van der Waals surface area contributed by atoms with Crippen molar-refractivity contribution in [2.45, 2.75) is 19.9 Å². The lowest BCUT2D eigenvalue weighted by molar-refractivity contribution is 0.0736. The Bertz CT molecular complexity index is 856. The van der Waals surface area contributed by atoms with Gasteiger partial charge in [0.15, 0.2) is 5.13 Å². The van der Waals surface area contributed by atoms with Gasteiger partial charge in [0.1, 0.15) is 0 Å². The Morgan fingerprint density at radius 2 is 2.32 bits per heavy atom. The van der Waals surface area contributed by atoms with Crippen LogP contribution >= 0.6 is 11.3 Å². The molecule has 0 saturated carbocycles. The van der Waals surface area contributed by atoms with Crippen molar-refractivity contribution in [3.8, 4) is 6.07 Å². The molecule has 0 aliphatic carbocycles. The summed E-state index contributed by atoms with van der Waals surface area (Å²) in [4.78, 5) is 31.2. The Morgan fingerprint density at radius 1 is 1.48 bits per heavy atom. The molecular formula is C17H16N4O3S. The Kier molecular flexibility index (Phi) is 4.95. The van der Waals surface area contributed by atoms with E-state index in [9.17, 15) is 9.59 Å². The standard InChI is InChI=1S/C17H16N4O3S/c1-2-24-17(23)20-16-19-13-6-7-21(10-14(13)25-16)15(22)12-5-3-4-11(8-12)9-18/h3-5,8H,2,6-7,10H2,1H3,(H,19,20,23). The number of aromatic nitrogens is 1. The molecule has 0 bridgehead atoms. The number of hydrogen-bond acceptors (Lipinski definition) is 6. The number of thiazole rings is 1. The topological polar surface area (TPSA) is 95.3 Å². The average molecular weight is 356 g/mol. The summed E-state index contributed by atoms with van der Waals surface area (Å²) in [6.07, 6.45) is 0.0925. The molecule has 0 radical (unpaired) electrons. The molecule has 0 saturated heterocycles. The summed E-state index contributed by atoms with van der Waals surface area (Å²) in [5.41, 5.74) is 1.85. The van der Waals surface area contributed by atoms with Crippen LogP contribution in [0.3, 0.4) is 0 Å². The summed E-state index contributed by atoms with van der Waals surface area (Å²) >= 11 is 1.34. The minimum Gasteiger partial charge on any atom is -0.450 e. The van der Waals surface area contributed by atoms with Crippen LogP contribution in [0.25, 0.3) is 0 Å². The van der Waals surface area contributed by atoms with Crippen molar-refractivity contribution < 1.29 is 14.3 Å². The Hall–Kier alpha value is -2.92. The van der Waals surface area contributed by atoms with Crippen molar-refractivity contribution in [1.29, 1.82) is 5.26 Å². The van der Waals surface area contributed by atoms with Crippen LogP contribution in [0.4, 0.5) is 9.93 Å². The second kappa shape index (κ2) is 7.32. The van der Waals surface area contributed by atoms with Crippen LogP contribution in [0.15, 0.2) is 24.3 Å². The fraction of sp³-hybridized carbons (Fsp3) is 0.294. The van der Waals surface area contributed by atoms with Crippen molar-refractivity contribution >= 4 is 28.5 Å². The summed E-state index contributed by atoms with van der Waals surface area (Å²) in [6, 6.07) is 8.72. The number of nitrogens with one attached hydrogen (secondary N) is 1. The zero-order chi connectivity index (χ0) is 17.8. The van der Waals surface area contributed by atoms with Gasteiger partial charge >= 0.3 is 6.09 Å². The molecule has 25 heavy (non-hydrogen) atoms. The van der Waals surface area contributed by atoms with Crippen LogP contribution < -0.4 is 5.32 Å². The molecule has 1 aromatic carbocycles. The van der Waals surface area contributed by atoms with E-state index >= 15 is 0 Å². The van der Waals surface area contributed by atoms with E-state index in [2.05, 4.69) is 10.3 Å². The first-order valence-corrected chi connectivity index (χ1v) is 8.64. The van der Waals surface area contributed by atoms with Crippen molar-refractivity contribution in [3.05, 3.63) is 46.0 Å². The molecule has 1 aliphatic heterocycles. The smallest absolute Gasteiger partial charge is 0.413 e. The maximum atomic E-state index is 12.7. The summed E-state index contributed by atoms with van der Waals surface area (Å²) in [6.45, 7) is 3.01. The number of nitriles is 1. The molecule has 7 nitrogen and oxygen atoms in total. The summed E-state index contributed by atoms with van der Waals surface area (Å²) in [7, 11) is 0. The summed E-state index contributed by atoms with van der Waals surface area (Å²) in [5, 5.41) is 12.0. The lowest BCUT2D eigenvalue weighted by Gasteiger charge is -2.26. The molecule has 0 spiro atoms. The normalized spacial score (nSPS) is 12.9. The van der Waals surface area contributed by atoms with E-state index in [4.69, 9.17) is 10.00 Å². The van der Waals surface area contributed by atoms with Crippen LogP contribution in [0, 0.1) is 11.3 Å². The van der Waals surface area contributed by atoms with Gasteiger partial charge < -0.3 is 9.64 Å². The number of rotatable bonds is 3. The zero-order valence-electron chi connectivity index (χ0n) is 13.6. The van der Waals surface area contributed by atoms with Gasteiger partial charge in [0.2, 0.25) is 0 Å². The molecular weight excluding hydrogens is 340 g/mol. The van der Waals surface area contributed by atoms with Gasteiger partial charge in [0, 0.05) is 23.4 Å². The third-order valence-electron chi connectivity index (χ3n) is 3.74. The van der Waals surface area contributed by atoms with E-state index in [-0.39, 0.29) is 5.91 Å². The molecule has 1 aliphatic rings. The van der Waals surface area contributed by atoms with Crippen LogP contribution in [0.2, 0.25) is 0 Å². The molecule has 3 rings (SSSR count). The number of fused-ring (bicyclic) bond motifs is 1. The molecule has 8 heteroatoms. The highest BCUT2D eigenvalue weighted by atomic mass is 32.1. The van der Waals surface area contributed by atoms with Crippen LogP contribution in [0.5, 0.6) is 0 Å². The highest BCUT2D eigenvalue weighted by molar-refractivity contribution is 7.15. The van der Waals surface area contributed by atoms with E-state index in [0.717, 1.165) is 10.6 Å². The van der Waals surface area contributed by atoms with Gasteiger partial charge in [-0.2, -0.15) is 5.26 Å². The minimum atomic E-state index is -0.533. The number of nitrogens with zero attached hydrogens (tertiary/aromatic N) is 3. The van der Waals surface area contributed by atoms with E-state index in [1.807, 2.05) is 6.07 Å². The SMILES string of the molecule is CCOC(=O)Nc1nc2c(s1)CN(C(=O)c1cccc(C#N)c1)CC2. The molecule has 2 heterocycles. The van der Waals surface area contributed by atoms with Crippen LogP contribution in [-0.4, -0.2) is 35.0 Å². The monoisotopic (exact) mass is 356 g/mol. The number of amides is 2. The van der Waals surface area contributed by atoms with Crippen LogP contribution in [-0.2, 0) is 17.7 Å². The molecule has 1 aromatic heterocycles. The molecule has 0 unspecified atom stereocenters. The Morgan fingerprint density at radius 3 is 3.08 bits per heavy atom. The van der Waals surface area contributed by atoms with Gasteiger partial charge in [-0.3, -0.25) is 10.1 Å². The van der Waals surface area contributed by atoms with Gasteiger partial charge in [0.25, 0.3) is 5.91 Å². The van der Waals surface area contributed by atoms with E-state index in [0.29, 0.717) is 42.4 Å². The predicted octanol–water partition coefficient (Wildman–Crippen LogP) is 2.78. The average Bonchev–Trinajstić information content (AvgIpc) is 3.02. The second-order valence-electron chi connectivity index (χ2n) is 5.40. The van der Waals surface area contributed by atoms with Crippen molar-refractivity contribution in [3.63, 3.8) is 0 Å². The quantitative estimate of drug-likeness (QED) is 0.912. The number of carbonyl (C=O) groups excluding carboxylic acids is 2. The molecule has 2 amide bonds. The first-order valence-electron chi connectivity index (χ1n) is 7.82. The molecule has 0 atom stereocenters. The molecule has 1 N–H and O–H groups in total. The minimum absolute atomic E-state index is 0.115. The van der Waals surface area contributed by atoms with Crippen molar-refractivity contribution in [2.75, 3.05) is 18.5 Å². The van der Waals surface area contributed by atoms with E-state index < -0.39 is 6.09 Å². The number of ether oxygens (including phenoxy) is 1. The summed E-state index contributed by atoms with van der Waals surface area (Å²) in [5.74, 6) is -0.115. The molecule has 0 fully saturated rings. The first-order chi connectivity index (χ1) is 12.1. The van der Waals surface area contributed by atoms with Crippen LogP contribution in [0.1, 0.15) is 33.4 Å². The van der Waals surface area contributed by atoms with Crippen molar-refractivity contribution in [2.24, 2.45) is 0 Å². The van der Waals surface area contributed by atoms with Gasteiger partial charge in [-0.25, -0.2) is 9.78 Å². The lowest BCUT2D eigenvalue weighted by atomic mass is 10.1. The fourth-order valence-corrected chi connectivity index (χ4v) is 3.59. The number of benzene rings is 1. The van der Waals surface area contributed by atoms with Gasteiger partial charge in [-0.1, -0.05) is 17.4 Å². The molecule has 2 aromatic rings. The van der Waals surface area contributed by atoms with Gasteiger partial charge in [-0.15, -0.1) is 0 Å². The van der Waals surface area contributed by atoms with E-state index in [1.165, 1.54) is 11.3 Å². The first kappa shape index (κ1) is 16.9. The third-order valence-corrected chi connectivity index (χ3v) is 4.74. The van der Waals surface area contributed by atoms with Crippen molar-refractivity contribution in [1.82, 2.24) is 9.88 Å². The Balaban J connectivity index is 1.72. The number of hydrogen-bond donors (Lipinski definition) is 1. The highest BCUT2D eigenvalue weighted by Crippen LogP contribution is 2.29. The predicted molar refractivity (Wildman–Crippen MR) is 92.4 cm³/mol. The second-order valence-corrected chi connectivity index (χ2v) is 6.49.